The van der Waals surface area contributed by atoms with E-state index in [-0.39, 0.29) is 17.7 Å². The summed E-state index contributed by atoms with van der Waals surface area (Å²) in [5, 5.41) is 0. The highest BCUT2D eigenvalue weighted by molar-refractivity contribution is 5.97. The van der Waals surface area contributed by atoms with Crippen LogP contribution in [0.4, 0.5) is 0 Å². The van der Waals surface area contributed by atoms with Crippen molar-refractivity contribution in [3.63, 3.8) is 0 Å². The number of aldehydes is 1. The SMILES string of the molecule is C=CCOC(=O)c1[c]cccc1C=O. The molecule has 0 heterocycles. The average Bonchev–Trinajstić information content (AvgIpc) is 2.25. The van der Waals surface area contributed by atoms with Gasteiger partial charge >= 0.3 is 5.97 Å². The molecule has 0 aliphatic carbocycles. The third-order valence-corrected chi connectivity index (χ3v) is 1.55. The van der Waals surface area contributed by atoms with Gasteiger partial charge in [-0.05, 0) is 6.07 Å². The number of ether oxygens (including phenoxy) is 1. The molecule has 0 fully saturated rings. The molecule has 0 aromatic heterocycles. The van der Waals surface area contributed by atoms with Crippen molar-refractivity contribution in [1.29, 1.82) is 0 Å². The van der Waals surface area contributed by atoms with Crippen molar-refractivity contribution < 1.29 is 14.3 Å². The van der Waals surface area contributed by atoms with Crippen molar-refractivity contribution in [3.8, 4) is 0 Å². The molecule has 1 rings (SSSR count). The highest BCUT2D eigenvalue weighted by Crippen LogP contribution is 2.06. The van der Waals surface area contributed by atoms with E-state index >= 15 is 0 Å². The fraction of sp³-hybridized carbons (Fsp3) is 0.0909. The Morgan fingerprint density at radius 1 is 1.64 bits per heavy atom. The molecule has 0 spiro atoms. The first kappa shape index (κ1) is 10.2. The Bertz CT molecular complexity index is 355. The van der Waals surface area contributed by atoms with Crippen LogP contribution in [0.1, 0.15) is 20.7 Å². The summed E-state index contributed by atoms with van der Waals surface area (Å²) in [4.78, 5) is 21.9. The second-order valence-corrected chi connectivity index (χ2v) is 2.51. The number of carbonyl (C=O) groups excluding carboxylic acids is 2. The minimum absolute atomic E-state index is 0.125. The number of rotatable bonds is 4. The van der Waals surface area contributed by atoms with E-state index in [0.29, 0.717) is 6.29 Å². The van der Waals surface area contributed by atoms with Gasteiger partial charge in [0.25, 0.3) is 0 Å². The maximum atomic E-state index is 11.3. The summed E-state index contributed by atoms with van der Waals surface area (Å²) in [5.41, 5.74) is 0.436. The van der Waals surface area contributed by atoms with E-state index in [4.69, 9.17) is 4.74 Å². The quantitative estimate of drug-likeness (QED) is 0.411. The van der Waals surface area contributed by atoms with Gasteiger partial charge in [0, 0.05) is 5.56 Å². The zero-order chi connectivity index (χ0) is 10.4. The van der Waals surface area contributed by atoms with Gasteiger partial charge in [0.05, 0.1) is 5.56 Å². The summed E-state index contributed by atoms with van der Waals surface area (Å²) < 4.78 is 4.77. The van der Waals surface area contributed by atoms with Crippen molar-refractivity contribution >= 4 is 12.3 Å². The molecule has 3 nitrogen and oxygen atoms in total. The summed E-state index contributed by atoms with van der Waals surface area (Å²) in [6, 6.07) is 7.38. The Labute approximate surface area is 82.0 Å². The first-order valence-electron chi connectivity index (χ1n) is 4.03. The Balaban J connectivity index is 2.88. The highest BCUT2D eigenvalue weighted by atomic mass is 16.5. The van der Waals surface area contributed by atoms with Crippen molar-refractivity contribution in [2.75, 3.05) is 6.61 Å². The molecule has 0 atom stereocenters. The normalized spacial score (nSPS) is 9.14. The molecule has 0 N–H and O–H groups in total. The molecule has 14 heavy (non-hydrogen) atoms. The Kier molecular flexibility index (Phi) is 3.61. The second-order valence-electron chi connectivity index (χ2n) is 2.51. The summed E-state index contributed by atoms with van der Waals surface area (Å²) in [7, 11) is 0. The third-order valence-electron chi connectivity index (χ3n) is 1.55. The van der Waals surface area contributed by atoms with Crippen LogP contribution in [-0.2, 0) is 4.74 Å². The predicted octanol–water partition coefficient (Wildman–Crippen LogP) is 1.64. The number of hydrogen-bond acceptors (Lipinski definition) is 3. The zero-order valence-corrected chi connectivity index (χ0v) is 7.53. The van der Waals surface area contributed by atoms with Crippen LogP contribution >= 0.6 is 0 Å². The molecule has 0 amide bonds. The number of esters is 1. The van der Waals surface area contributed by atoms with E-state index in [0.717, 1.165) is 0 Å². The van der Waals surface area contributed by atoms with E-state index in [1.54, 1.807) is 12.1 Å². The molecule has 0 bridgehead atoms. The molecule has 71 valence electrons. The molecule has 1 aromatic carbocycles. The van der Waals surface area contributed by atoms with E-state index in [9.17, 15) is 9.59 Å². The lowest BCUT2D eigenvalue weighted by Crippen LogP contribution is -2.08. The number of carbonyl (C=O) groups is 2. The molecular formula is C11H9O3. The lowest BCUT2D eigenvalue weighted by atomic mass is 10.1. The van der Waals surface area contributed by atoms with Gasteiger partial charge in [0.15, 0.2) is 6.29 Å². The fourth-order valence-corrected chi connectivity index (χ4v) is 0.932. The fourth-order valence-electron chi connectivity index (χ4n) is 0.932. The second kappa shape index (κ2) is 4.97. The first-order chi connectivity index (χ1) is 6.79. The van der Waals surface area contributed by atoms with Crippen LogP contribution in [0.15, 0.2) is 30.9 Å². The Hall–Kier alpha value is -1.90. The van der Waals surface area contributed by atoms with Crippen LogP contribution in [-0.4, -0.2) is 18.9 Å². The number of hydrogen-bond donors (Lipinski definition) is 0. The minimum Gasteiger partial charge on any atom is -0.458 e. The third kappa shape index (κ3) is 2.29. The van der Waals surface area contributed by atoms with Gasteiger partial charge in [-0.2, -0.15) is 0 Å². The van der Waals surface area contributed by atoms with Gasteiger partial charge in [0.2, 0.25) is 0 Å². The highest BCUT2D eigenvalue weighted by Gasteiger charge is 2.10. The molecule has 3 heteroatoms. The van der Waals surface area contributed by atoms with Crippen molar-refractivity contribution in [2.24, 2.45) is 0 Å². The monoisotopic (exact) mass is 189 g/mol. The molecule has 0 saturated carbocycles. The van der Waals surface area contributed by atoms with Gasteiger partial charge < -0.3 is 4.74 Å². The average molecular weight is 189 g/mol. The van der Waals surface area contributed by atoms with Gasteiger partial charge in [-0.15, -0.1) is 0 Å². The maximum Gasteiger partial charge on any atom is 0.339 e. The molecule has 1 radical (unpaired) electrons. The van der Waals surface area contributed by atoms with E-state index in [1.165, 1.54) is 12.1 Å². The van der Waals surface area contributed by atoms with Crippen LogP contribution in [0.5, 0.6) is 0 Å². The van der Waals surface area contributed by atoms with Gasteiger partial charge in [-0.3, -0.25) is 4.79 Å². The summed E-state index contributed by atoms with van der Waals surface area (Å²) in [6.45, 7) is 3.54. The van der Waals surface area contributed by atoms with E-state index in [2.05, 4.69) is 12.6 Å². The predicted molar refractivity (Wildman–Crippen MR) is 51.1 cm³/mol. The molecule has 0 saturated heterocycles. The molecule has 0 unspecified atom stereocenters. The van der Waals surface area contributed by atoms with Crippen molar-refractivity contribution in [2.45, 2.75) is 0 Å². The zero-order valence-electron chi connectivity index (χ0n) is 7.53. The van der Waals surface area contributed by atoms with Crippen LogP contribution in [0.2, 0.25) is 0 Å². The maximum absolute atomic E-state index is 11.3. The van der Waals surface area contributed by atoms with Gasteiger partial charge in [-0.25, -0.2) is 4.79 Å². The Morgan fingerprint density at radius 2 is 2.43 bits per heavy atom. The lowest BCUT2D eigenvalue weighted by Gasteiger charge is -2.02. The molecule has 0 aliphatic rings. The standard InChI is InChI=1S/C11H9O3/c1-2-7-14-11(13)10-6-4-3-5-9(10)8-12/h2-5,8H,1,7H2. The molecular weight excluding hydrogens is 180 g/mol. The largest absolute Gasteiger partial charge is 0.458 e. The van der Waals surface area contributed by atoms with Crippen molar-refractivity contribution in [3.05, 3.63) is 48.0 Å². The summed E-state index contributed by atoms with van der Waals surface area (Å²) in [6.07, 6.45) is 2.06. The van der Waals surface area contributed by atoms with E-state index in [1.807, 2.05) is 0 Å². The molecule has 0 aliphatic heterocycles. The summed E-state index contributed by atoms with van der Waals surface area (Å²) in [5.74, 6) is -0.562. The van der Waals surface area contributed by atoms with Crippen molar-refractivity contribution in [1.82, 2.24) is 0 Å². The van der Waals surface area contributed by atoms with Crippen LogP contribution in [0.25, 0.3) is 0 Å². The van der Waals surface area contributed by atoms with Crippen LogP contribution < -0.4 is 0 Å². The number of benzene rings is 1. The van der Waals surface area contributed by atoms with Crippen LogP contribution in [0, 0.1) is 6.07 Å². The van der Waals surface area contributed by atoms with Gasteiger partial charge in [0.1, 0.15) is 6.61 Å². The molecule has 1 aromatic rings. The van der Waals surface area contributed by atoms with Crippen LogP contribution in [0.3, 0.4) is 0 Å². The summed E-state index contributed by atoms with van der Waals surface area (Å²) >= 11 is 0. The van der Waals surface area contributed by atoms with Gasteiger partial charge in [-0.1, -0.05) is 30.9 Å². The first-order valence-corrected chi connectivity index (χ1v) is 4.03. The smallest absolute Gasteiger partial charge is 0.339 e. The Morgan fingerprint density at radius 3 is 3.07 bits per heavy atom. The lowest BCUT2D eigenvalue weighted by molar-refractivity contribution is 0.0547. The topological polar surface area (TPSA) is 43.4 Å². The minimum atomic E-state index is -0.562. The van der Waals surface area contributed by atoms with E-state index < -0.39 is 5.97 Å².